The molecule has 4 nitrogen and oxygen atoms in total. The number of thiocarbonyl (C=S) groups is 1. The fourth-order valence-corrected chi connectivity index (χ4v) is 3.47. The van der Waals surface area contributed by atoms with Gasteiger partial charge in [-0.15, -0.1) is 11.3 Å². The number of aliphatic hydroxyl groups excluding tert-OH is 1. The van der Waals surface area contributed by atoms with Crippen molar-refractivity contribution in [1.29, 1.82) is 0 Å². The van der Waals surface area contributed by atoms with Gasteiger partial charge in [0.15, 0.2) is 17.4 Å². The number of nitrogens with one attached hydrogen (secondary N) is 1. The minimum absolute atomic E-state index is 0.0291. The minimum Gasteiger partial charge on any atom is -0.501 e. The summed E-state index contributed by atoms with van der Waals surface area (Å²) in [6.45, 7) is 0. The molecule has 0 aliphatic rings. The molecule has 0 atom stereocenters. The van der Waals surface area contributed by atoms with Gasteiger partial charge in [-0.1, -0.05) is 30.4 Å². The van der Waals surface area contributed by atoms with Gasteiger partial charge in [0.25, 0.3) is 5.70 Å². The van der Waals surface area contributed by atoms with Crippen molar-refractivity contribution in [2.75, 3.05) is 24.3 Å². The van der Waals surface area contributed by atoms with Gasteiger partial charge in [0.2, 0.25) is 5.76 Å². The van der Waals surface area contributed by atoms with E-state index in [1.165, 1.54) is 17.4 Å². The maximum atomic E-state index is 14.0. The fraction of sp³-hybridized carbons (Fsp3) is 0.100. The van der Waals surface area contributed by atoms with Crippen molar-refractivity contribution >= 4 is 51.4 Å². The number of halogens is 1. The predicted molar refractivity (Wildman–Crippen MR) is 114 cm³/mol. The van der Waals surface area contributed by atoms with Crippen molar-refractivity contribution in [3.8, 4) is 0 Å². The van der Waals surface area contributed by atoms with Crippen molar-refractivity contribution < 1.29 is 14.1 Å². The van der Waals surface area contributed by atoms with Crippen LogP contribution in [0.4, 0.5) is 15.8 Å². The number of benzene rings is 1. The molecular formula is C20H19FN3OS2+. The van der Waals surface area contributed by atoms with Crippen LogP contribution in [0.5, 0.6) is 0 Å². The summed E-state index contributed by atoms with van der Waals surface area (Å²) in [6.07, 6.45) is 3.62. The fourth-order valence-electron chi connectivity index (χ4n) is 2.49. The molecule has 2 heterocycles. The Bertz CT molecular complexity index is 967. The van der Waals surface area contributed by atoms with Crippen molar-refractivity contribution in [2.45, 2.75) is 0 Å². The van der Waals surface area contributed by atoms with Gasteiger partial charge < -0.3 is 15.3 Å². The van der Waals surface area contributed by atoms with Gasteiger partial charge in [-0.2, -0.15) is 4.57 Å². The Morgan fingerprint density at radius 1 is 1.11 bits per heavy atom. The minimum atomic E-state index is -0.414. The van der Waals surface area contributed by atoms with Gasteiger partial charge in [0.1, 0.15) is 5.82 Å². The summed E-state index contributed by atoms with van der Waals surface area (Å²) in [5.41, 5.74) is 1.64. The maximum Gasteiger partial charge on any atom is 0.289 e. The molecule has 0 amide bonds. The number of anilines is 2. The SMILES string of the molecule is CN(C)c1cc[n+](/C(C(=S)Nc2ccccc2F)=C(\O)c2cccs2)cc1. The molecule has 7 heteroatoms. The van der Waals surface area contributed by atoms with Gasteiger partial charge in [-0.05, 0) is 23.6 Å². The smallest absolute Gasteiger partial charge is 0.289 e. The second kappa shape index (κ2) is 8.28. The highest BCUT2D eigenvalue weighted by Gasteiger charge is 2.25. The van der Waals surface area contributed by atoms with E-state index in [9.17, 15) is 9.50 Å². The van der Waals surface area contributed by atoms with Crippen molar-refractivity contribution in [3.05, 3.63) is 77.0 Å². The third-order valence-electron chi connectivity index (χ3n) is 3.90. The second-order valence-corrected chi connectivity index (χ2v) is 7.32. The molecule has 0 fully saturated rings. The van der Waals surface area contributed by atoms with Crippen molar-refractivity contribution in [2.24, 2.45) is 0 Å². The van der Waals surface area contributed by atoms with E-state index in [0.717, 1.165) is 5.69 Å². The van der Waals surface area contributed by atoms with E-state index in [4.69, 9.17) is 12.2 Å². The van der Waals surface area contributed by atoms with E-state index in [2.05, 4.69) is 5.32 Å². The van der Waals surface area contributed by atoms with Gasteiger partial charge >= 0.3 is 0 Å². The molecule has 0 unspecified atom stereocenters. The monoisotopic (exact) mass is 400 g/mol. The number of rotatable bonds is 5. The highest BCUT2D eigenvalue weighted by atomic mass is 32.1. The molecule has 0 saturated heterocycles. The third-order valence-corrected chi connectivity index (χ3v) is 5.07. The van der Waals surface area contributed by atoms with Crippen LogP contribution in [0, 0.1) is 5.82 Å². The van der Waals surface area contributed by atoms with E-state index >= 15 is 0 Å². The van der Waals surface area contributed by atoms with Crippen LogP contribution in [0.3, 0.4) is 0 Å². The van der Waals surface area contributed by atoms with E-state index in [0.29, 0.717) is 10.6 Å². The molecule has 0 bridgehead atoms. The molecule has 138 valence electrons. The lowest BCUT2D eigenvalue weighted by Gasteiger charge is -2.12. The summed E-state index contributed by atoms with van der Waals surface area (Å²) < 4.78 is 15.7. The number of hydrogen-bond acceptors (Lipinski definition) is 4. The first-order valence-corrected chi connectivity index (χ1v) is 9.48. The number of para-hydroxylation sites is 1. The summed E-state index contributed by atoms with van der Waals surface area (Å²) in [7, 11) is 3.90. The molecule has 0 saturated carbocycles. The molecule has 0 spiro atoms. The Labute approximate surface area is 166 Å². The summed E-state index contributed by atoms with van der Waals surface area (Å²) in [6, 6.07) is 13.8. The van der Waals surface area contributed by atoms with Crippen molar-refractivity contribution in [3.63, 3.8) is 0 Å². The number of aliphatic hydroxyl groups is 1. The van der Waals surface area contributed by atoms with Crippen LogP contribution in [0.1, 0.15) is 4.88 Å². The molecule has 0 radical (unpaired) electrons. The highest BCUT2D eigenvalue weighted by Crippen LogP contribution is 2.23. The number of pyridine rings is 1. The molecule has 27 heavy (non-hydrogen) atoms. The molecule has 2 N–H and O–H groups in total. The Morgan fingerprint density at radius 3 is 2.41 bits per heavy atom. The lowest BCUT2D eigenvalue weighted by molar-refractivity contribution is -0.575. The Morgan fingerprint density at radius 2 is 1.81 bits per heavy atom. The number of nitrogens with zero attached hydrogens (tertiary/aromatic N) is 2. The summed E-state index contributed by atoms with van der Waals surface area (Å²) in [4.78, 5) is 2.86. The molecule has 0 aliphatic carbocycles. The zero-order chi connectivity index (χ0) is 19.4. The first-order valence-electron chi connectivity index (χ1n) is 8.19. The lowest BCUT2D eigenvalue weighted by Crippen LogP contribution is -2.38. The lowest BCUT2D eigenvalue weighted by atomic mass is 10.2. The van der Waals surface area contributed by atoms with Gasteiger partial charge in [0.05, 0.1) is 10.6 Å². The molecule has 3 rings (SSSR count). The number of hydrogen-bond donors (Lipinski definition) is 2. The van der Waals surface area contributed by atoms with E-state index in [1.54, 1.807) is 28.8 Å². The summed E-state index contributed by atoms with van der Waals surface area (Å²) in [5, 5.41) is 15.6. The third kappa shape index (κ3) is 4.32. The standard InChI is InChI=1S/C20H18FN3OS2/c1-23(2)14-9-11-24(12-10-14)18(19(25)17-8-5-13-27-17)20(26)22-16-7-4-3-6-15(16)21/h3-13H,1-2H3,(H-,22,25,26)/p+1. The topological polar surface area (TPSA) is 39.4 Å². The molecule has 1 aromatic carbocycles. The summed E-state index contributed by atoms with van der Waals surface area (Å²) >= 11 is 6.91. The maximum absolute atomic E-state index is 14.0. The van der Waals surface area contributed by atoms with Gasteiger partial charge in [-0.25, -0.2) is 4.39 Å². The number of thiophene rings is 1. The van der Waals surface area contributed by atoms with Gasteiger partial charge in [0, 0.05) is 31.9 Å². The van der Waals surface area contributed by atoms with Crippen LogP contribution >= 0.6 is 23.6 Å². The molecular weight excluding hydrogens is 381 g/mol. The highest BCUT2D eigenvalue weighted by molar-refractivity contribution is 7.81. The Kier molecular flexibility index (Phi) is 5.83. The summed E-state index contributed by atoms with van der Waals surface area (Å²) in [5.74, 6) is -0.385. The Hall–Kier alpha value is -2.77. The quantitative estimate of drug-likeness (QED) is 0.285. The van der Waals surface area contributed by atoms with Crippen LogP contribution in [-0.4, -0.2) is 24.2 Å². The van der Waals surface area contributed by atoms with E-state index < -0.39 is 5.82 Å². The van der Waals surface area contributed by atoms with E-state index in [-0.39, 0.29) is 16.4 Å². The Balaban J connectivity index is 2.04. The average molecular weight is 401 g/mol. The molecule has 3 aromatic rings. The zero-order valence-electron chi connectivity index (χ0n) is 14.9. The van der Waals surface area contributed by atoms with Crippen molar-refractivity contribution in [1.82, 2.24) is 0 Å². The van der Waals surface area contributed by atoms with Crippen LogP contribution in [0.25, 0.3) is 11.5 Å². The molecule has 0 aliphatic heterocycles. The second-order valence-electron chi connectivity index (χ2n) is 5.97. The largest absolute Gasteiger partial charge is 0.501 e. The number of aromatic nitrogens is 1. The normalized spacial score (nSPS) is 11.7. The van der Waals surface area contributed by atoms with Crippen LogP contribution in [0.2, 0.25) is 0 Å². The van der Waals surface area contributed by atoms with E-state index in [1.807, 2.05) is 55.0 Å². The van der Waals surface area contributed by atoms with Crippen LogP contribution in [0.15, 0.2) is 66.3 Å². The predicted octanol–water partition coefficient (Wildman–Crippen LogP) is 4.56. The molecule has 2 aromatic heterocycles. The van der Waals surface area contributed by atoms with Crippen LogP contribution < -0.4 is 14.8 Å². The van der Waals surface area contributed by atoms with Gasteiger partial charge in [-0.3, -0.25) is 0 Å². The average Bonchev–Trinajstić information content (AvgIpc) is 3.19. The van der Waals surface area contributed by atoms with Crippen LogP contribution in [-0.2, 0) is 0 Å². The zero-order valence-corrected chi connectivity index (χ0v) is 16.5. The first kappa shape index (κ1) is 19.0. The first-order chi connectivity index (χ1) is 13.0.